The van der Waals surface area contributed by atoms with Crippen LogP contribution in [0.4, 0.5) is 0 Å². The number of benzene rings is 1. The van der Waals surface area contributed by atoms with Crippen molar-refractivity contribution in [1.82, 2.24) is 0 Å². The third-order valence-corrected chi connectivity index (χ3v) is 2.59. The van der Waals surface area contributed by atoms with Crippen molar-refractivity contribution in [2.75, 3.05) is 0 Å². The van der Waals surface area contributed by atoms with Crippen LogP contribution in [0.1, 0.15) is 42.0 Å². The van der Waals surface area contributed by atoms with Crippen LogP contribution in [0.5, 0.6) is 0 Å². The predicted molar refractivity (Wildman–Crippen MR) is 57.1 cm³/mol. The molecule has 0 atom stereocenters. The van der Waals surface area contributed by atoms with Gasteiger partial charge in [0.1, 0.15) is 0 Å². The molecule has 1 aromatic rings. The van der Waals surface area contributed by atoms with Crippen molar-refractivity contribution in [2.24, 2.45) is 0 Å². The van der Waals surface area contributed by atoms with Gasteiger partial charge < -0.3 is 10.2 Å². The first-order chi connectivity index (χ1) is 6.61. The molecule has 0 unspecified atom stereocenters. The minimum absolute atomic E-state index is 0.0425. The zero-order valence-electron chi connectivity index (χ0n) is 9.04. The highest BCUT2D eigenvalue weighted by atomic mass is 16.3. The summed E-state index contributed by atoms with van der Waals surface area (Å²) in [7, 11) is 0. The van der Waals surface area contributed by atoms with Crippen LogP contribution in [0.2, 0.25) is 0 Å². The Kier molecular flexibility index (Phi) is 3.67. The van der Waals surface area contributed by atoms with E-state index in [1.165, 1.54) is 0 Å². The third kappa shape index (κ3) is 1.97. The lowest BCUT2D eigenvalue weighted by Gasteiger charge is -2.17. The van der Waals surface area contributed by atoms with Gasteiger partial charge in [0, 0.05) is 0 Å². The maximum atomic E-state index is 9.29. The molecule has 0 saturated heterocycles. The maximum Gasteiger partial charge on any atom is 0.0687 e. The van der Waals surface area contributed by atoms with Gasteiger partial charge in [0.15, 0.2) is 0 Å². The first-order valence-corrected chi connectivity index (χ1v) is 4.94. The van der Waals surface area contributed by atoms with E-state index in [4.69, 9.17) is 0 Å². The fourth-order valence-corrected chi connectivity index (χ4v) is 1.89. The summed E-state index contributed by atoms with van der Waals surface area (Å²) in [6.07, 6.45) is 0. The molecule has 0 bridgehead atoms. The molecule has 0 amide bonds. The van der Waals surface area contributed by atoms with Gasteiger partial charge in [0.05, 0.1) is 13.2 Å². The second kappa shape index (κ2) is 4.58. The van der Waals surface area contributed by atoms with Crippen molar-refractivity contribution in [3.63, 3.8) is 0 Å². The molecule has 0 aliphatic rings. The summed E-state index contributed by atoms with van der Waals surface area (Å²) in [5.41, 5.74) is 4.07. The Morgan fingerprint density at radius 2 is 1.79 bits per heavy atom. The van der Waals surface area contributed by atoms with Gasteiger partial charge in [-0.3, -0.25) is 0 Å². The van der Waals surface area contributed by atoms with Crippen LogP contribution in [0, 0.1) is 6.92 Å². The second-order valence-corrected chi connectivity index (χ2v) is 3.90. The van der Waals surface area contributed by atoms with Gasteiger partial charge in [-0.05, 0) is 35.1 Å². The van der Waals surface area contributed by atoms with Crippen molar-refractivity contribution < 1.29 is 10.2 Å². The Bertz CT molecular complexity index is 316. The van der Waals surface area contributed by atoms with Gasteiger partial charge in [-0.2, -0.15) is 0 Å². The predicted octanol–water partition coefficient (Wildman–Crippen LogP) is 2.10. The van der Waals surface area contributed by atoms with Crippen LogP contribution in [-0.2, 0) is 13.2 Å². The van der Waals surface area contributed by atoms with Crippen molar-refractivity contribution in [2.45, 2.75) is 39.9 Å². The molecule has 14 heavy (non-hydrogen) atoms. The van der Waals surface area contributed by atoms with Crippen LogP contribution in [0.3, 0.4) is 0 Å². The number of aliphatic hydroxyl groups excluding tert-OH is 2. The quantitative estimate of drug-likeness (QED) is 0.773. The van der Waals surface area contributed by atoms with E-state index in [9.17, 15) is 10.2 Å². The van der Waals surface area contributed by atoms with Crippen LogP contribution < -0.4 is 0 Å². The smallest absolute Gasteiger partial charge is 0.0687 e. The highest BCUT2D eigenvalue weighted by molar-refractivity contribution is 5.41. The number of hydrogen-bond acceptors (Lipinski definition) is 2. The first kappa shape index (κ1) is 11.2. The molecule has 0 spiro atoms. The monoisotopic (exact) mass is 194 g/mol. The van der Waals surface area contributed by atoms with E-state index >= 15 is 0 Å². The summed E-state index contributed by atoms with van der Waals surface area (Å²) in [5.74, 6) is 0.333. The average Bonchev–Trinajstić information content (AvgIpc) is 2.17. The van der Waals surface area contributed by atoms with E-state index in [0.29, 0.717) is 5.92 Å². The Balaban J connectivity index is 3.36. The van der Waals surface area contributed by atoms with Gasteiger partial charge >= 0.3 is 0 Å². The third-order valence-electron chi connectivity index (χ3n) is 2.59. The van der Waals surface area contributed by atoms with E-state index in [1.807, 2.05) is 19.1 Å². The molecule has 1 rings (SSSR count). The Labute approximate surface area is 85.2 Å². The molecular weight excluding hydrogens is 176 g/mol. The summed E-state index contributed by atoms with van der Waals surface area (Å²) < 4.78 is 0. The summed E-state index contributed by atoms with van der Waals surface area (Å²) in [5, 5.41) is 18.5. The zero-order chi connectivity index (χ0) is 10.7. The average molecular weight is 194 g/mol. The summed E-state index contributed by atoms with van der Waals surface area (Å²) in [4.78, 5) is 0. The normalized spacial score (nSPS) is 11.0. The molecule has 2 N–H and O–H groups in total. The van der Waals surface area contributed by atoms with Crippen LogP contribution in [-0.4, -0.2) is 10.2 Å². The molecule has 2 heteroatoms. The van der Waals surface area contributed by atoms with Gasteiger partial charge in [-0.1, -0.05) is 26.0 Å². The largest absolute Gasteiger partial charge is 0.392 e. The number of aryl methyl sites for hydroxylation is 1. The first-order valence-electron chi connectivity index (χ1n) is 4.94. The SMILES string of the molecule is Cc1ccc(CO)c(C(C)C)c1CO. The lowest BCUT2D eigenvalue weighted by atomic mass is 9.90. The fourth-order valence-electron chi connectivity index (χ4n) is 1.89. The van der Waals surface area contributed by atoms with E-state index < -0.39 is 0 Å². The van der Waals surface area contributed by atoms with Crippen molar-refractivity contribution in [3.05, 3.63) is 34.4 Å². The van der Waals surface area contributed by atoms with Gasteiger partial charge in [0.25, 0.3) is 0 Å². The Morgan fingerprint density at radius 1 is 1.14 bits per heavy atom. The summed E-state index contributed by atoms with van der Waals surface area (Å²) in [6.45, 7) is 6.23. The van der Waals surface area contributed by atoms with E-state index in [0.717, 1.165) is 22.3 Å². The number of aliphatic hydroxyl groups is 2. The number of rotatable bonds is 3. The highest BCUT2D eigenvalue weighted by Crippen LogP contribution is 2.26. The molecule has 0 radical (unpaired) electrons. The molecule has 1 aromatic carbocycles. The summed E-state index contributed by atoms with van der Waals surface area (Å²) >= 11 is 0. The molecule has 0 saturated carbocycles. The van der Waals surface area contributed by atoms with Crippen LogP contribution in [0.15, 0.2) is 12.1 Å². The number of hydrogen-bond donors (Lipinski definition) is 2. The van der Waals surface area contributed by atoms with Crippen molar-refractivity contribution >= 4 is 0 Å². The molecule has 0 aliphatic heterocycles. The Hall–Kier alpha value is -0.860. The van der Waals surface area contributed by atoms with Crippen LogP contribution in [0.25, 0.3) is 0 Å². The molecule has 78 valence electrons. The van der Waals surface area contributed by atoms with Crippen molar-refractivity contribution in [3.8, 4) is 0 Å². The topological polar surface area (TPSA) is 40.5 Å². The minimum Gasteiger partial charge on any atom is -0.392 e. The second-order valence-electron chi connectivity index (χ2n) is 3.90. The van der Waals surface area contributed by atoms with E-state index in [1.54, 1.807) is 0 Å². The summed E-state index contributed by atoms with van der Waals surface area (Å²) in [6, 6.07) is 3.88. The molecule has 0 aliphatic carbocycles. The van der Waals surface area contributed by atoms with E-state index in [-0.39, 0.29) is 13.2 Å². The van der Waals surface area contributed by atoms with Crippen LogP contribution >= 0.6 is 0 Å². The lowest BCUT2D eigenvalue weighted by Crippen LogP contribution is -2.04. The molecular formula is C12H18O2. The van der Waals surface area contributed by atoms with Gasteiger partial charge in [-0.15, -0.1) is 0 Å². The Morgan fingerprint density at radius 3 is 2.21 bits per heavy atom. The minimum atomic E-state index is 0.0425. The standard InChI is InChI=1S/C12H18O2/c1-8(2)12-10(6-13)5-4-9(3)11(12)7-14/h4-5,8,13-14H,6-7H2,1-3H3. The van der Waals surface area contributed by atoms with Crippen molar-refractivity contribution in [1.29, 1.82) is 0 Å². The zero-order valence-corrected chi connectivity index (χ0v) is 9.04. The van der Waals surface area contributed by atoms with Gasteiger partial charge in [-0.25, -0.2) is 0 Å². The lowest BCUT2D eigenvalue weighted by molar-refractivity contribution is 0.271. The molecule has 0 heterocycles. The molecule has 2 nitrogen and oxygen atoms in total. The highest BCUT2D eigenvalue weighted by Gasteiger charge is 2.12. The molecule has 0 aromatic heterocycles. The van der Waals surface area contributed by atoms with Gasteiger partial charge in [0.2, 0.25) is 0 Å². The fraction of sp³-hybridized carbons (Fsp3) is 0.500. The van der Waals surface area contributed by atoms with E-state index in [2.05, 4.69) is 13.8 Å². The molecule has 0 fully saturated rings. The maximum absolute atomic E-state index is 9.29.